The van der Waals surface area contributed by atoms with Crippen molar-refractivity contribution in [3.63, 3.8) is 0 Å². The van der Waals surface area contributed by atoms with Crippen molar-refractivity contribution in [3.8, 4) is 5.75 Å². The molecule has 2 aliphatic rings. The van der Waals surface area contributed by atoms with E-state index in [1.54, 1.807) is 40.3 Å². The van der Waals surface area contributed by atoms with E-state index in [0.717, 1.165) is 44.2 Å². The van der Waals surface area contributed by atoms with Crippen LogP contribution in [0.1, 0.15) is 126 Å². The maximum atomic E-state index is 14.4. The first-order chi connectivity index (χ1) is 35.7. The van der Waals surface area contributed by atoms with Gasteiger partial charge in [-0.1, -0.05) is 59.9 Å². The summed E-state index contributed by atoms with van der Waals surface area (Å²) in [6.45, 7) is 12.1. The number of thiazole rings is 1. The number of Topliss-reactive ketones (excluding diaryl/α,β-unsaturated/α-hetero) is 1. The summed E-state index contributed by atoms with van der Waals surface area (Å²) in [7, 11) is -0.0788. The molecular formula is C50H77N10O11PS3. The van der Waals surface area contributed by atoms with Gasteiger partial charge in [-0.2, -0.15) is 10.4 Å². The van der Waals surface area contributed by atoms with E-state index in [1.807, 2.05) is 41.7 Å². The topological polar surface area (TPSA) is 279 Å². The van der Waals surface area contributed by atoms with Crippen LogP contribution in [0.15, 0.2) is 46.5 Å². The number of piperidine rings is 1. The summed E-state index contributed by atoms with van der Waals surface area (Å²) in [5.41, 5.74) is 5.61. The molecule has 5 amide bonds. The van der Waals surface area contributed by atoms with Gasteiger partial charge < -0.3 is 30.1 Å². The number of carbonyl (C=O) groups is 7. The van der Waals surface area contributed by atoms with E-state index in [1.165, 1.54) is 60.0 Å². The van der Waals surface area contributed by atoms with Crippen molar-refractivity contribution in [1.29, 1.82) is 0 Å². The van der Waals surface area contributed by atoms with Crippen LogP contribution in [0.2, 0.25) is 0 Å². The molecule has 0 radical (unpaired) electrons. The van der Waals surface area contributed by atoms with Crippen molar-refractivity contribution < 1.29 is 52.7 Å². The molecule has 2 aromatic rings. The molecule has 0 aliphatic carbocycles. The number of esters is 1. The zero-order chi connectivity index (χ0) is 55.1. The second-order valence-corrected chi connectivity index (χ2v) is 24.0. The number of carbonyl (C=O) groups excluding carboxylic acids is 7. The number of phenols is 1. The highest BCUT2D eigenvalue weighted by molar-refractivity contribution is 8.18. The second-order valence-electron chi connectivity index (χ2n) is 19.0. The molecule has 8 N–H and O–H groups in total. The molecule has 3 heterocycles. The standard InChI is InChI=1S/C50H77N10O11PS3/c1-9-13-36(26-35-15-16-42(62)38(27-35)53-45(64)17-22-70-23-20-51-72(69)57-55-46(65)18-24-73-31-74-25-19-47(66)56-58-72)52-48(67)39-30-75-49(54-39)44(71-34(6)61)29-41(32(3)4)60(8)50(68)37(33(5)10-2)28-43(63)40-14-11-12-21-59(40)7/h15-16,18-19,24-25,27,30,32-33,36-37,40-41,44,62H,9-14,17,20-23,26,28-29,31H2,1-8H3,(H,52,67)(H,53,64)(H,55,65)(H,56,66)(H3,51,57,58,69)/b24-18+,25-19?/t33-,36+,37-,40+,41+,44+,72?/m0/s1. The fourth-order valence-electron chi connectivity index (χ4n) is 8.59. The lowest BCUT2D eigenvalue weighted by Crippen LogP contribution is -2.48. The number of phenolic OH excluding ortho intramolecular Hbond substituents is 1. The smallest absolute Gasteiger partial charge is 0.313 e. The van der Waals surface area contributed by atoms with E-state index in [2.05, 4.69) is 46.8 Å². The lowest BCUT2D eigenvalue weighted by atomic mass is 9.83. The zero-order valence-electron chi connectivity index (χ0n) is 44.3. The van der Waals surface area contributed by atoms with Crippen molar-refractivity contribution in [2.75, 3.05) is 50.8 Å². The number of rotatable bonds is 26. The zero-order valence-corrected chi connectivity index (χ0v) is 47.7. The van der Waals surface area contributed by atoms with E-state index in [9.17, 15) is 43.2 Å². The number of nitrogens with one attached hydrogen (secondary N) is 7. The number of nitrogens with zero attached hydrogens (tertiary/aromatic N) is 3. The van der Waals surface area contributed by atoms with Crippen LogP contribution in [0.5, 0.6) is 5.75 Å². The van der Waals surface area contributed by atoms with Crippen LogP contribution >= 0.6 is 42.5 Å². The third-order valence-corrected chi connectivity index (χ3v) is 17.1. The van der Waals surface area contributed by atoms with Gasteiger partial charge >= 0.3 is 13.6 Å². The number of likely N-dealkylation sites (tertiary alicyclic amines) is 1. The van der Waals surface area contributed by atoms with Crippen molar-refractivity contribution >= 4 is 89.4 Å². The number of thioether (sulfide) groups is 2. The third-order valence-electron chi connectivity index (χ3n) is 12.9. The molecule has 1 unspecified atom stereocenters. The van der Waals surface area contributed by atoms with Crippen LogP contribution in [-0.4, -0.2) is 125 Å². The summed E-state index contributed by atoms with van der Waals surface area (Å²) in [6.07, 6.45) is 7.22. The van der Waals surface area contributed by atoms with Gasteiger partial charge in [0.2, 0.25) is 11.8 Å². The van der Waals surface area contributed by atoms with E-state index >= 15 is 0 Å². The predicted octanol–water partition coefficient (Wildman–Crippen LogP) is 6.32. The number of benzene rings is 1. The minimum atomic E-state index is -3.80. The lowest BCUT2D eigenvalue weighted by Gasteiger charge is -2.37. The molecule has 1 fully saturated rings. The van der Waals surface area contributed by atoms with E-state index < -0.39 is 49.2 Å². The number of ketones is 1. The first-order valence-corrected chi connectivity index (χ1v) is 30.1. The number of hydrogen-bond acceptors (Lipinski definition) is 16. The summed E-state index contributed by atoms with van der Waals surface area (Å²) in [6, 6.07) is 3.85. The first-order valence-electron chi connectivity index (χ1n) is 25.4. The van der Waals surface area contributed by atoms with Crippen LogP contribution in [0.3, 0.4) is 0 Å². The fraction of sp³-hybridized carbons (Fsp3) is 0.600. The van der Waals surface area contributed by atoms with Gasteiger partial charge in [0.15, 0.2) is 11.9 Å². The fourth-order valence-corrected chi connectivity index (χ4v) is 12.0. The van der Waals surface area contributed by atoms with Crippen molar-refractivity contribution in [3.05, 3.63) is 62.8 Å². The second kappa shape index (κ2) is 32.2. The normalized spacial score (nSPS) is 20.3. The van der Waals surface area contributed by atoms with Crippen molar-refractivity contribution in [2.24, 2.45) is 17.8 Å². The van der Waals surface area contributed by atoms with Gasteiger partial charge in [0.05, 0.1) is 31.4 Å². The molecule has 2 aliphatic heterocycles. The van der Waals surface area contributed by atoms with Gasteiger partial charge in [0.25, 0.3) is 17.7 Å². The Labute approximate surface area is 453 Å². The van der Waals surface area contributed by atoms with Gasteiger partial charge in [-0.3, -0.25) is 53.9 Å². The van der Waals surface area contributed by atoms with Gasteiger partial charge in [-0.25, -0.2) is 10.1 Å². The lowest BCUT2D eigenvalue weighted by molar-refractivity contribution is -0.149. The molecule has 1 saturated heterocycles. The maximum absolute atomic E-state index is 14.4. The molecule has 7 atom stereocenters. The van der Waals surface area contributed by atoms with E-state index in [-0.39, 0.29) is 97.8 Å². The minimum absolute atomic E-state index is 0.00309. The maximum Gasteiger partial charge on any atom is 0.313 e. The number of aromatic nitrogens is 1. The molecule has 0 bridgehead atoms. The van der Waals surface area contributed by atoms with Crippen LogP contribution in [0, 0.1) is 17.8 Å². The van der Waals surface area contributed by atoms with Crippen molar-refractivity contribution in [1.82, 2.24) is 46.4 Å². The van der Waals surface area contributed by atoms with Gasteiger partial charge in [0.1, 0.15) is 16.5 Å². The molecule has 1 aromatic carbocycles. The Morgan fingerprint density at radius 1 is 1.01 bits per heavy atom. The Morgan fingerprint density at radius 3 is 2.33 bits per heavy atom. The number of ether oxygens (including phenoxy) is 2. The van der Waals surface area contributed by atoms with Gasteiger partial charge in [-0.15, -0.1) is 34.9 Å². The Bertz CT molecular complexity index is 2320. The SMILES string of the molecule is CCC[C@H](Cc1ccc(O)c(NC(=O)CCOCCNP2(=O)NNC(=O)C=CSCS/C=C/C(=O)NN2)c1)NC(=O)c1csc([C@@H](C[C@H](C(C)C)N(C)C(=O)[C@@H](CC(=O)[C@H]2CCCCN2C)[C@@H](C)CC)OC(C)=O)n1. The highest BCUT2D eigenvalue weighted by Gasteiger charge is 2.38. The quantitative estimate of drug-likeness (QED) is 0.0221. The number of anilines is 1. The van der Waals surface area contributed by atoms with Gasteiger partial charge in [0, 0.05) is 74.0 Å². The third kappa shape index (κ3) is 21.4. The number of aromatic hydroxyl groups is 1. The minimum Gasteiger partial charge on any atom is -0.506 e. The number of hydrogen-bond donors (Lipinski definition) is 8. The molecule has 1 aromatic heterocycles. The highest BCUT2D eigenvalue weighted by atomic mass is 32.2. The number of hydrazine groups is 2. The summed E-state index contributed by atoms with van der Waals surface area (Å²) in [5, 5.41) is 29.6. The van der Waals surface area contributed by atoms with Crippen LogP contribution < -0.4 is 37.0 Å². The molecule has 4 rings (SSSR count). The summed E-state index contributed by atoms with van der Waals surface area (Å²) >= 11 is 3.87. The molecule has 25 heteroatoms. The number of likely N-dealkylation sites (N-methyl/N-ethyl adjacent to an activating group) is 1. The molecule has 75 heavy (non-hydrogen) atoms. The summed E-state index contributed by atoms with van der Waals surface area (Å²) < 4.78 is 24.7. The van der Waals surface area contributed by atoms with Crippen LogP contribution in [-0.2, 0) is 49.2 Å². The average Bonchev–Trinajstić information content (AvgIpc) is 3.87. The van der Waals surface area contributed by atoms with Crippen LogP contribution in [0.4, 0.5) is 5.69 Å². The van der Waals surface area contributed by atoms with Crippen LogP contribution in [0.25, 0.3) is 0 Å². The molecule has 0 spiro atoms. The molecule has 21 nitrogen and oxygen atoms in total. The molecular weight excluding hydrogens is 1040 g/mol. The Kier molecular flexibility index (Phi) is 27.0. The van der Waals surface area contributed by atoms with E-state index in [0.29, 0.717) is 22.9 Å². The molecule has 0 saturated carbocycles. The monoisotopic (exact) mass is 1120 g/mol. The largest absolute Gasteiger partial charge is 0.506 e. The number of amides is 5. The predicted molar refractivity (Wildman–Crippen MR) is 294 cm³/mol. The summed E-state index contributed by atoms with van der Waals surface area (Å²) in [5.74, 6) is -3.34. The Morgan fingerprint density at radius 2 is 1.71 bits per heavy atom. The Hall–Kier alpha value is -4.65. The summed E-state index contributed by atoms with van der Waals surface area (Å²) in [4.78, 5) is 100. The van der Waals surface area contributed by atoms with Crippen molar-refractivity contribution in [2.45, 2.75) is 130 Å². The van der Waals surface area contributed by atoms with Gasteiger partial charge in [-0.05, 0) is 79.6 Å². The van der Waals surface area contributed by atoms with E-state index in [4.69, 9.17) is 9.47 Å². The Balaban J connectivity index is 1.34. The molecule has 416 valence electrons. The average molecular weight is 1120 g/mol. The first kappa shape index (κ1) is 62.9. The highest BCUT2D eigenvalue weighted by Crippen LogP contribution is 2.34.